The molecular formula is C16H25BrN2O2. The van der Waals surface area contributed by atoms with Crippen LogP contribution in [-0.4, -0.2) is 56.4 Å². The maximum absolute atomic E-state index is 5.83. The fraction of sp³-hybridized carbons (Fsp3) is 0.625. The maximum Gasteiger partial charge on any atom is 0.120 e. The van der Waals surface area contributed by atoms with Crippen molar-refractivity contribution in [2.24, 2.45) is 0 Å². The average molecular weight is 357 g/mol. The van der Waals surface area contributed by atoms with Gasteiger partial charge in [-0.3, -0.25) is 4.90 Å². The van der Waals surface area contributed by atoms with Gasteiger partial charge in [-0.25, -0.2) is 0 Å². The van der Waals surface area contributed by atoms with Crippen molar-refractivity contribution in [3.05, 3.63) is 28.7 Å². The van der Waals surface area contributed by atoms with Crippen LogP contribution in [0, 0.1) is 0 Å². The average Bonchev–Trinajstić information content (AvgIpc) is 2.46. The lowest BCUT2D eigenvalue weighted by Gasteiger charge is -2.36. The minimum atomic E-state index is 0.437. The smallest absolute Gasteiger partial charge is 0.120 e. The number of morpholine rings is 1. The lowest BCUT2D eigenvalue weighted by molar-refractivity contribution is -0.0120. The molecule has 1 N–H and O–H groups in total. The molecule has 21 heavy (non-hydrogen) atoms. The predicted octanol–water partition coefficient (Wildman–Crippen LogP) is 2.53. The molecule has 0 amide bonds. The molecule has 1 unspecified atom stereocenters. The third kappa shape index (κ3) is 5.94. The van der Waals surface area contributed by atoms with E-state index in [9.17, 15) is 0 Å². The number of hydrogen-bond acceptors (Lipinski definition) is 4. The lowest BCUT2D eigenvalue weighted by atomic mass is 10.2. The Hall–Kier alpha value is -0.620. The van der Waals surface area contributed by atoms with Gasteiger partial charge in [0.25, 0.3) is 0 Å². The number of nitrogens with zero attached hydrogens (tertiary/aromatic N) is 1. The van der Waals surface area contributed by atoms with Gasteiger partial charge in [-0.1, -0.05) is 35.8 Å². The topological polar surface area (TPSA) is 33.7 Å². The molecule has 0 aliphatic carbocycles. The molecular weight excluding hydrogens is 332 g/mol. The Morgan fingerprint density at radius 3 is 3.10 bits per heavy atom. The molecule has 0 aromatic heterocycles. The number of nitrogens with one attached hydrogen (secondary N) is 1. The number of benzene rings is 1. The van der Waals surface area contributed by atoms with Crippen LogP contribution in [-0.2, 0) is 4.74 Å². The van der Waals surface area contributed by atoms with Crippen molar-refractivity contribution in [1.29, 1.82) is 0 Å². The summed E-state index contributed by atoms with van der Waals surface area (Å²) in [5.41, 5.74) is 0. The maximum atomic E-state index is 5.83. The number of hydrogen-bond donors (Lipinski definition) is 1. The number of ether oxygens (including phenoxy) is 2. The Bertz CT molecular complexity index is 428. The van der Waals surface area contributed by atoms with Crippen LogP contribution in [0.4, 0.5) is 0 Å². The standard InChI is InChI=1S/C16H25BrN2O2/c1-13(2)18-11-15-12-20-8-6-19(15)7-9-21-16-5-3-4-14(17)10-16/h3-5,10,13,15,18H,6-9,11-12H2,1-2H3. The largest absolute Gasteiger partial charge is 0.492 e. The van der Waals surface area contributed by atoms with Gasteiger partial charge in [0.05, 0.1) is 13.2 Å². The van der Waals surface area contributed by atoms with E-state index in [1.54, 1.807) is 0 Å². The molecule has 5 heteroatoms. The van der Waals surface area contributed by atoms with E-state index in [0.29, 0.717) is 18.7 Å². The molecule has 0 saturated carbocycles. The summed E-state index contributed by atoms with van der Waals surface area (Å²) in [6.45, 7) is 9.54. The fourth-order valence-electron chi connectivity index (χ4n) is 2.38. The summed E-state index contributed by atoms with van der Waals surface area (Å²) in [6, 6.07) is 8.92. The second-order valence-electron chi connectivity index (χ2n) is 5.63. The molecule has 1 aliphatic rings. The third-order valence-corrected chi connectivity index (χ3v) is 4.05. The Labute approximate surface area is 135 Å². The van der Waals surface area contributed by atoms with Crippen molar-refractivity contribution >= 4 is 15.9 Å². The van der Waals surface area contributed by atoms with E-state index in [1.807, 2.05) is 24.3 Å². The van der Waals surface area contributed by atoms with Crippen LogP contribution < -0.4 is 10.1 Å². The van der Waals surface area contributed by atoms with E-state index in [-0.39, 0.29) is 0 Å². The summed E-state index contributed by atoms with van der Waals surface area (Å²) in [5.74, 6) is 0.912. The summed E-state index contributed by atoms with van der Waals surface area (Å²) in [6.07, 6.45) is 0. The number of rotatable bonds is 7. The van der Waals surface area contributed by atoms with Crippen LogP contribution in [0.3, 0.4) is 0 Å². The van der Waals surface area contributed by atoms with E-state index < -0.39 is 0 Å². The Kier molecular flexibility index (Phi) is 6.96. The first-order valence-electron chi connectivity index (χ1n) is 7.58. The third-order valence-electron chi connectivity index (χ3n) is 3.55. The summed E-state index contributed by atoms with van der Waals surface area (Å²) in [4.78, 5) is 2.46. The zero-order valence-corrected chi connectivity index (χ0v) is 14.4. The normalized spacial score (nSPS) is 19.9. The summed E-state index contributed by atoms with van der Waals surface area (Å²) in [5, 5.41) is 3.49. The van der Waals surface area contributed by atoms with E-state index in [2.05, 4.69) is 40.0 Å². The number of halogens is 1. The van der Waals surface area contributed by atoms with Gasteiger partial charge < -0.3 is 14.8 Å². The highest BCUT2D eigenvalue weighted by atomic mass is 79.9. The molecule has 1 aromatic carbocycles. The summed E-state index contributed by atoms with van der Waals surface area (Å²) < 4.78 is 12.5. The van der Waals surface area contributed by atoms with Crippen LogP contribution in [0.1, 0.15) is 13.8 Å². The van der Waals surface area contributed by atoms with Crippen LogP contribution in [0.15, 0.2) is 28.7 Å². The van der Waals surface area contributed by atoms with Gasteiger partial charge in [0, 0.05) is 36.2 Å². The van der Waals surface area contributed by atoms with E-state index >= 15 is 0 Å². The van der Waals surface area contributed by atoms with Crippen molar-refractivity contribution in [3.8, 4) is 5.75 Å². The monoisotopic (exact) mass is 356 g/mol. The Morgan fingerprint density at radius 1 is 1.48 bits per heavy atom. The van der Waals surface area contributed by atoms with E-state index in [4.69, 9.17) is 9.47 Å². The van der Waals surface area contributed by atoms with Gasteiger partial charge in [-0.15, -0.1) is 0 Å². The molecule has 0 spiro atoms. The molecule has 4 nitrogen and oxygen atoms in total. The van der Waals surface area contributed by atoms with Gasteiger partial charge in [0.1, 0.15) is 12.4 Å². The quantitative estimate of drug-likeness (QED) is 0.813. The van der Waals surface area contributed by atoms with E-state index in [1.165, 1.54) is 0 Å². The fourth-order valence-corrected chi connectivity index (χ4v) is 2.76. The lowest BCUT2D eigenvalue weighted by Crippen LogP contribution is -2.52. The van der Waals surface area contributed by atoms with Crippen molar-refractivity contribution in [2.75, 3.05) is 39.5 Å². The summed E-state index contributed by atoms with van der Waals surface area (Å²) >= 11 is 3.46. The zero-order chi connectivity index (χ0) is 15.1. The Morgan fingerprint density at radius 2 is 2.33 bits per heavy atom. The molecule has 1 heterocycles. The molecule has 1 aliphatic heterocycles. The van der Waals surface area contributed by atoms with Crippen LogP contribution in [0.5, 0.6) is 5.75 Å². The Balaban J connectivity index is 1.76. The SMILES string of the molecule is CC(C)NCC1COCCN1CCOc1cccc(Br)c1. The summed E-state index contributed by atoms with van der Waals surface area (Å²) in [7, 11) is 0. The van der Waals surface area contributed by atoms with Crippen molar-refractivity contribution in [3.63, 3.8) is 0 Å². The van der Waals surface area contributed by atoms with Crippen LogP contribution in [0.25, 0.3) is 0 Å². The van der Waals surface area contributed by atoms with Gasteiger partial charge in [0.15, 0.2) is 0 Å². The minimum Gasteiger partial charge on any atom is -0.492 e. The van der Waals surface area contributed by atoms with Gasteiger partial charge in [0.2, 0.25) is 0 Å². The molecule has 1 saturated heterocycles. The first-order valence-corrected chi connectivity index (χ1v) is 8.38. The highest BCUT2D eigenvalue weighted by molar-refractivity contribution is 9.10. The first-order chi connectivity index (χ1) is 10.1. The second-order valence-corrected chi connectivity index (χ2v) is 6.55. The molecule has 0 radical (unpaired) electrons. The van der Waals surface area contributed by atoms with Gasteiger partial charge in [-0.2, -0.15) is 0 Å². The van der Waals surface area contributed by atoms with Gasteiger partial charge >= 0.3 is 0 Å². The molecule has 2 rings (SSSR count). The molecule has 1 fully saturated rings. The van der Waals surface area contributed by atoms with Crippen molar-refractivity contribution < 1.29 is 9.47 Å². The molecule has 118 valence electrons. The van der Waals surface area contributed by atoms with Crippen molar-refractivity contribution in [2.45, 2.75) is 25.9 Å². The van der Waals surface area contributed by atoms with Gasteiger partial charge in [-0.05, 0) is 18.2 Å². The van der Waals surface area contributed by atoms with Crippen LogP contribution in [0.2, 0.25) is 0 Å². The van der Waals surface area contributed by atoms with E-state index in [0.717, 1.165) is 43.1 Å². The predicted molar refractivity (Wildman–Crippen MR) is 89.0 cm³/mol. The van der Waals surface area contributed by atoms with Crippen molar-refractivity contribution in [1.82, 2.24) is 10.2 Å². The van der Waals surface area contributed by atoms with Crippen LogP contribution >= 0.6 is 15.9 Å². The first kappa shape index (κ1) is 16.7. The molecule has 0 bridgehead atoms. The zero-order valence-electron chi connectivity index (χ0n) is 12.8. The highest BCUT2D eigenvalue weighted by Crippen LogP contribution is 2.17. The highest BCUT2D eigenvalue weighted by Gasteiger charge is 2.22. The minimum absolute atomic E-state index is 0.437. The second kappa shape index (κ2) is 8.73. The molecule has 1 atom stereocenters. The molecule has 1 aromatic rings.